The van der Waals surface area contributed by atoms with Crippen LogP contribution in [0.4, 0.5) is 5.69 Å². The number of anilines is 1. The van der Waals surface area contributed by atoms with E-state index in [9.17, 15) is 0 Å². The lowest BCUT2D eigenvalue weighted by Crippen LogP contribution is -2.24. The number of likely N-dealkylation sites (N-methyl/N-ethyl adjacent to an activating group) is 1. The van der Waals surface area contributed by atoms with Crippen molar-refractivity contribution in [2.45, 2.75) is 33.5 Å². The van der Waals surface area contributed by atoms with E-state index in [1.807, 2.05) is 32.9 Å². The van der Waals surface area contributed by atoms with Crippen molar-refractivity contribution >= 4 is 5.69 Å². The molecule has 0 unspecified atom stereocenters. The summed E-state index contributed by atoms with van der Waals surface area (Å²) in [5, 5.41) is 9.12. The highest BCUT2D eigenvalue weighted by molar-refractivity contribution is 5.50. The van der Waals surface area contributed by atoms with Crippen molar-refractivity contribution in [2.75, 3.05) is 25.1 Å². The fourth-order valence-corrected chi connectivity index (χ4v) is 1.65. The van der Waals surface area contributed by atoms with Crippen LogP contribution in [0.2, 0.25) is 0 Å². The molecule has 0 heterocycles. The summed E-state index contributed by atoms with van der Waals surface area (Å²) in [5.41, 5.74) is 3.27. The summed E-state index contributed by atoms with van der Waals surface area (Å²) < 4.78 is 5.53. The van der Waals surface area contributed by atoms with Gasteiger partial charge in [0.1, 0.15) is 0 Å². The molecule has 1 aromatic carbocycles. The number of hydrogen-bond acceptors (Lipinski definition) is 3. The molecule has 0 saturated carbocycles. The summed E-state index contributed by atoms with van der Waals surface area (Å²) in [4.78, 5) is 2.16. The van der Waals surface area contributed by atoms with E-state index in [2.05, 4.69) is 18.0 Å². The molecule has 0 aromatic heterocycles. The molecule has 96 valence electrons. The maximum Gasteiger partial charge on any atom is 0.0684 e. The Labute approximate surface area is 104 Å². The zero-order valence-electron chi connectivity index (χ0n) is 11.2. The molecule has 1 N–H and O–H groups in total. The van der Waals surface area contributed by atoms with Gasteiger partial charge in [-0.2, -0.15) is 0 Å². The minimum absolute atomic E-state index is 0.103. The predicted octanol–water partition coefficient (Wildman–Crippen LogP) is 2.35. The molecule has 0 aliphatic carbocycles. The van der Waals surface area contributed by atoms with Crippen molar-refractivity contribution in [3.63, 3.8) is 0 Å². The van der Waals surface area contributed by atoms with Crippen LogP contribution in [0.3, 0.4) is 0 Å². The lowest BCUT2D eigenvalue weighted by Gasteiger charge is -2.21. The van der Waals surface area contributed by atoms with E-state index < -0.39 is 0 Å². The lowest BCUT2D eigenvalue weighted by molar-refractivity contribution is 0.0846. The standard InChI is InChI=1S/C14H23NO2/c1-11(2)17-8-7-15(4)14-6-5-13(10-16)12(3)9-14/h5-6,9,11,16H,7-8,10H2,1-4H3. The van der Waals surface area contributed by atoms with Crippen molar-refractivity contribution in [3.05, 3.63) is 29.3 Å². The highest BCUT2D eigenvalue weighted by Gasteiger charge is 2.04. The molecular formula is C14H23NO2. The van der Waals surface area contributed by atoms with Crippen LogP contribution in [0.15, 0.2) is 18.2 Å². The normalized spacial score (nSPS) is 10.9. The third kappa shape index (κ3) is 4.36. The smallest absolute Gasteiger partial charge is 0.0684 e. The van der Waals surface area contributed by atoms with Gasteiger partial charge in [0.2, 0.25) is 0 Å². The molecule has 0 bridgehead atoms. The maximum absolute atomic E-state index is 9.12. The molecule has 0 aliphatic heterocycles. The van der Waals surface area contributed by atoms with Crippen LogP contribution in [0.1, 0.15) is 25.0 Å². The first-order valence-electron chi connectivity index (χ1n) is 6.07. The lowest BCUT2D eigenvalue weighted by atomic mass is 10.1. The molecule has 0 saturated heterocycles. The number of ether oxygens (including phenoxy) is 1. The van der Waals surface area contributed by atoms with Crippen LogP contribution in [0.25, 0.3) is 0 Å². The topological polar surface area (TPSA) is 32.7 Å². The van der Waals surface area contributed by atoms with Crippen LogP contribution in [0, 0.1) is 6.92 Å². The molecule has 0 atom stereocenters. The number of aryl methyl sites for hydroxylation is 1. The highest BCUT2D eigenvalue weighted by Crippen LogP contribution is 2.18. The van der Waals surface area contributed by atoms with E-state index in [1.54, 1.807) is 0 Å². The second-order valence-corrected chi connectivity index (χ2v) is 4.61. The molecule has 0 radical (unpaired) electrons. The summed E-state index contributed by atoms with van der Waals surface area (Å²) in [6, 6.07) is 6.11. The second kappa shape index (κ2) is 6.62. The van der Waals surface area contributed by atoms with Crippen molar-refractivity contribution in [3.8, 4) is 0 Å². The summed E-state index contributed by atoms with van der Waals surface area (Å²) >= 11 is 0. The van der Waals surface area contributed by atoms with Crippen LogP contribution >= 0.6 is 0 Å². The third-order valence-electron chi connectivity index (χ3n) is 2.82. The van der Waals surface area contributed by atoms with Gasteiger partial charge in [0.05, 0.1) is 19.3 Å². The number of rotatable bonds is 6. The number of benzene rings is 1. The average Bonchev–Trinajstić information content (AvgIpc) is 2.28. The Morgan fingerprint density at radius 3 is 2.59 bits per heavy atom. The fourth-order valence-electron chi connectivity index (χ4n) is 1.65. The molecule has 1 rings (SSSR count). The van der Waals surface area contributed by atoms with Gasteiger partial charge >= 0.3 is 0 Å². The number of aliphatic hydroxyl groups is 1. The second-order valence-electron chi connectivity index (χ2n) is 4.61. The first-order chi connectivity index (χ1) is 8.04. The van der Waals surface area contributed by atoms with Gasteiger partial charge in [-0.15, -0.1) is 0 Å². The molecule has 0 fully saturated rings. The Bertz CT molecular complexity index is 350. The van der Waals surface area contributed by atoms with Crippen LogP contribution in [-0.2, 0) is 11.3 Å². The molecular weight excluding hydrogens is 214 g/mol. The van der Waals surface area contributed by atoms with Crippen molar-refractivity contribution in [1.29, 1.82) is 0 Å². The van der Waals surface area contributed by atoms with Crippen molar-refractivity contribution in [2.24, 2.45) is 0 Å². The van der Waals surface area contributed by atoms with E-state index in [-0.39, 0.29) is 12.7 Å². The Morgan fingerprint density at radius 2 is 2.06 bits per heavy atom. The van der Waals surface area contributed by atoms with Gasteiger partial charge in [-0.05, 0) is 44.0 Å². The van der Waals surface area contributed by atoms with Crippen LogP contribution < -0.4 is 4.90 Å². The Balaban J connectivity index is 2.57. The van der Waals surface area contributed by atoms with E-state index in [1.165, 1.54) is 0 Å². The highest BCUT2D eigenvalue weighted by atomic mass is 16.5. The average molecular weight is 237 g/mol. The molecule has 0 spiro atoms. The summed E-state index contributed by atoms with van der Waals surface area (Å²) in [6.07, 6.45) is 0.280. The molecule has 0 aliphatic rings. The Kier molecular flexibility index (Phi) is 5.45. The first kappa shape index (κ1) is 14.0. The molecule has 1 aromatic rings. The Morgan fingerprint density at radius 1 is 1.35 bits per heavy atom. The largest absolute Gasteiger partial charge is 0.392 e. The quantitative estimate of drug-likeness (QED) is 0.824. The minimum atomic E-state index is 0.103. The maximum atomic E-state index is 9.12. The zero-order valence-corrected chi connectivity index (χ0v) is 11.2. The molecule has 0 amide bonds. The Hall–Kier alpha value is -1.06. The van der Waals surface area contributed by atoms with Gasteiger partial charge in [-0.3, -0.25) is 0 Å². The van der Waals surface area contributed by atoms with Gasteiger partial charge in [0.15, 0.2) is 0 Å². The van der Waals surface area contributed by atoms with Gasteiger partial charge in [0, 0.05) is 19.3 Å². The molecule has 3 heteroatoms. The van der Waals surface area contributed by atoms with Crippen LogP contribution in [-0.4, -0.2) is 31.4 Å². The van der Waals surface area contributed by atoms with Crippen molar-refractivity contribution < 1.29 is 9.84 Å². The fraction of sp³-hybridized carbons (Fsp3) is 0.571. The van der Waals surface area contributed by atoms with Gasteiger partial charge in [-0.25, -0.2) is 0 Å². The van der Waals surface area contributed by atoms with E-state index in [0.717, 1.165) is 30.0 Å². The number of hydrogen-bond donors (Lipinski definition) is 1. The SMILES string of the molecule is Cc1cc(N(C)CCOC(C)C)ccc1CO. The monoisotopic (exact) mass is 237 g/mol. The van der Waals surface area contributed by atoms with E-state index >= 15 is 0 Å². The molecule has 3 nitrogen and oxygen atoms in total. The molecule has 17 heavy (non-hydrogen) atoms. The first-order valence-corrected chi connectivity index (χ1v) is 6.07. The number of nitrogens with zero attached hydrogens (tertiary/aromatic N) is 1. The summed E-state index contributed by atoms with van der Waals surface area (Å²) in [5.74, 6) is 0. The van der Waals surface area contributed by atoms with Gasteiger partial charge in [0.25, 0.3) is 0 Å². The van der Waals surface area contributed by atoms with E-state index in [0.29, 0.717) is 0 Å². The zero-order chi connectivity index (χ0) is 12.8. The summed E-state index contributed by atoms with van der Waals surface area (Å²) in [7, 11) is 2.05. The van der Waals surface area contributed by atoms with Gasteiger partial charge < -0.3 is 14.7 Å². The number of aliphatic hydroxyl groups excluding tert-OH is 1. The van der Waals surface area contributed by atoms with Crippen LogP contribution in [0.5, 0.6) is 0 Å². The predicted molar refractivity (Wildman–Crippen MR) is 71.5 cm³/mol. The minimum Gasteiger partial charge on any atom is -0.392 e. The van der Waals surface area contributed by atoms with Crippen molar-refractivity contribution in [1.82, 2.24) is 0 Å². The summed E-state index contributed by atoms with van der Waals surface area (Å²) in [6.45, 7) is 7.81. The third-order valence-corrected chi connectivity index (χ3v) is 2.82. The van der Waals surface area contributed by atoms with Gasteiger partial charge in [-0.1, -0.05) is 6.07 Å². The van der Waals surface area contributed by atoms with E-state index in [4.69, 9.17) is 9.84 Å².